The van der Waals surface area contributed by atoms with Gasteiger partial charge in [-0.25, -0.2) is 4.98 Å². The highest BCUT2D eigenvalue weighted by molar-refractivity contribution is 5.31. The highest BCUT2D eigenvalue weighted by Crippen LogP contribution is 2.21. The summed E-state index contributed by atoms with van der Waals surface area (Å²) in [6, 6.07) is 3.88. The number of rotatable bonds is 3. The Morgan fingerprint density at radius 1 is 1.25 bits per heavy atom. The van der Waals surface area contributed by atoms with Crippen molar-refractivity contribution < 1.29 is 0 Å². The third-order valence-electron chi connectivity index (χ3n) is 2.65. The molecule has 0 spiro atoms. The Kier molecular flexibility index (Phi) is 3.01. The van der Waals surface area contributed by atoms with Crippen LogP contribution in [0, 0.1) is 5.92 Å². The average molecular weight is 216 g/mol. The van der Waals surface area contributed by atoms with E-state index < -0.39 is 0 Å². The Balaban J connectivity index is 2.40. The predicted molar refractivity (Wildman–Crippen MR) is 63.1 cm³/mol. The molecule has 4 heteroatoms. The molecule has 0 aromatic carbocycles. The summed E-state index contributed by atoms with van der Waals surface area (Å²) in [5.41, 5.74) is 8.15. The first-order valence-electron chi connectivity index (χ1n) is 5.38. The van der Waals surface area contributed by atoms with Gasteiger partial charge in [-0.05, 0) is 18.1 Å². The molecule has 2 N–H and O–H groups in total. The van der Waals surface area contributed by atoms with Gasteiger partial charge in [-0.15, -0.1) is 0 Å². The zero-order chi connectivity index (χ0) is 11.5. The van der Waals surface area contributed by atoms with Gasteiger partial charge in [0.1, 0.15) is 0 Å². The minimum Gasteiger partial charge on any atom is -0.322 e. The van der Waals surface area contributed by atoms with Gasteiger partial charge in [0.15, 0.2) is 0 Å². The van der Waals surface area contributed by atoms with Gasteiger partial charge >= 0.3 is 0 Å². The van der Waals surface area contributed by atoms with E-state index in [1.807, 2.05) is 22.9 Å². The second-order valence-corrected chi connectivity index (χ2v) is 4.17. The van der Waals surface area contributed by atoms with Crippen LogP contribution >= 0.6 is 0 Å². The van der Waals surface area contributed by atoms with Crippen molar-refractivity contribution in [1.29, 1.82) is 0 Å². The summed E-state index contributed by atoms with van der Waals surface area (Å²) >= 11 is 0. The molecular weight excluding hydrogens is 200 g/mol. The van der Waals surface area contributed by atoms with Crippen molar-refractivity contribution in [3.8, 4) is 5.69 Å². The summed E-state index contributed by atoms with van der Waals surface area (Å²) in [7, 11) is 0. The number of pyridine rings is 1. The van der Waals surface area contributed by atoms with Gasteiger partial charge < -0.3 is 10.3 Å². The van der Waals surface area contributed by atoms with Crippen LogP contribution in [-0.4, -0.2) is 14.5 Å². The van der Waals surface area contributed by atoms with E-state index in [0.29, 0.717) is 5.92 Å². The predicted octanol–water partition coefficient (Wildman–Crippen LogP) is 1.92. The van der Waals surface area contributed by atoms with Gasteiger partial charge in [-0.3, -0.25) is 4.98 Å². The Labute approximate surface area is 95.1 Å². The molecule has 0 saturated carbocycles. The monoisotopic (exact) mass is 216 g/mol. The van der Waals surface area contributed by atoms with Crippen LogP contribution in [0.4, 0.5) is 0 Å². The molecule has 2 aromatic rings. The summed E-state index contributed by atoms with van der Waals surface area (Å²) < 4.78 is 1.98. The Bertz CT molecular complexity index is 447. The Hall–Kier alpha value is -1.68. The van der Waals surface area contributed by atoms with Crippen molar-refractivity contribution in [3.63, 3.8) is 0 Å². The average Bonchev–Trinajstić information content (AvgIpc) is 2.77. The second kappa shape index (κ2) is 4.45. The fourth-order valence-electron chi connectivity index (χ4n) is 1.61. The lowest BCUT2D eigenvalue weighted by Gasteiger charge is -2.17. The molecule has 2 rings (SSSR count). The lowest BCUT2D eigenvalue weighted by atomic mass is 10.0. The fourth-order valence-corrected chi connectivity index (χ4v) is 1.61. The summed E-state index contributed by atoms with van der Waals surface area (Å²) in [5, 5.41) is 0. The molecule has 1 atom stereocenters. The molecule has 0 amide bonds. The summed E-state index contributed by atoms with van der Waals surface area (Å²) in [6.07, 6.45) is 7.15. The Morgan fingerprint density at radius 3 is 2.69 bits per heavy atom. The maximum atomic E-state index is 6.14. The van der Waals surface area contributed by atoms with Crippen LogP contribution in [0.25, 0.3) is 5.69 Å². The van der Waals surface area contributed by atoms with Crippen molar-refractivity contribution in [2.75, 3.05) is 0 Å². The molecule has 84 valence electrons. The van der Waals surface area contributed by atoms with Crippen LogP contribution in [0.3, 0.4) is 0 Å². The van der Waals surface area contributed by atoms with Crippen LogP contribution in [-0.2, 0) is 0 Å². The van der Waals surface area contributed by atoms with Gasteiger partial charge in [0, 0.05) is 12.2 Å². The first-order chi connectivity index (χ1) is 7.70. The van der Waals surface area contributed by atoms with E-state index in [1.165, 1.54) is 0 Å². The number of imidazole rings is 1. The molecule has 2 heterocycles. The first-order valence-corrected chi connectivity index (χ1v) is 5.38. The molecule has 0 aliphatic rings. The van der Waals surface area contributed by atoms with Gasteiger partial charge in [0.25, 0.3) is 0 Å². The van der Waals surface area contributed by atoms with Gasteiger partial charge in [0.2, 0.25) is 0 Å². The van der Waals surface area contributed by atoms with Crippen molar-refractivity contribution in [2.45, 2.75) is 19.9 Å². The van der Waals surface area contributed by atoms with Crippen LogP contribution in [0.5, 0.6) is 0 Å². The molecule has 4 nitrogen and oxygen atoms in total. The SMILES string of the molecule is CC(C)C(N)c1cncn1-c1cccnc1. The largest absolute Gasteiger partial charge is 0.322 e. The molecule has 1 unspecified atom stereocenters. The highest BCUT2D eigenvalue weighted by Gasteiger charge is 2.15. The van der Waals surface area contributed by atoms with Crippen molar-refractivity contribution in [1.82, 2.24) is 14.5 Å². The highest BCUT2D eigenvalue weighted by atomic mass is 15.1. The van der Waals surface area contributed by atoms with E-state index in [4.69, 9.17) is 5.73 Å². The standard InChI is InChI=1S/C12H16N4/c1-9(2)12(13)11-7-15-8-16(11)10-4-3-5-14-6-10/h3-9,12H,13H2,1-2H3. The number of hydrogen-bond donors (Lipinski definition) is 1. The van der Waals surface area contributed by atoms with E-state index in [9.17, 15) is 0 Å². The summed E-state index contributed by atoms with van der Waals surface area (Å²) in [4.78, 5) is 8.25. The summed E-state index contributed by atoms with van der Waals surface area (Å²) in [6.45, 7) is 4.20. The Morgan fingerprint density at radius 2 is 2.06 bits per heavy atom. The topological polar surface area (TPSA) is 56.7 Å². The molecule has 0 radical (unpaired) electrons. The number of nitrogens with two attached hydrogens (primary N) is 1. The first kappa shape index (κ1) is 10.8. The quantitative estimate of drug-likeness (QED) is 0.852. The minimum absolute atomic E-state index is 0.0114. The summed E-state index contributed by atoms with van der Waals surface area (Å²) in [5.74, 6) is 0.382. The fraction of sp³-hybridized carbons (Fsp3) is 0.333. The van der Waals surface area contributed by atoms with Crippen molar-refractivity contribution in [3.05, 3.63) is 42.7 Å². The molecule has 2 aromatic heterocycles. The zero-order valence-corrected chi connectivity index (χ0v) is 9.54. The molecule has 0 saturated heterocycles. The molecular formula is C12H16N4. The van der Waals surface area contributed by atoms with E-state index >= 15 is 0 Å². The lowest BCUT2D eigenvalue weighted by molar-refractivity contribution is 0.497. The van der Waals surface area contributed by atoms with E-state index in [1.54, 1.807) is 18.7 Å². The lowest BCUT2D eigenvalue weighted by Crippen LogP contribution is -2.19. The van der Waals surface area contributed by atoms with E-state index in [-0.39, 0.29) is 6.04 Å². The van der Waals surface area contributed by atoms with Gasteiger partial charge in [-0.1, -0.05) is 13.8 Å². The second-order valence-electron chi connectivity index (χ2n) is 4.17. The number of aromatic nitrogens is 3. The minimum atomic E-state index is -0.0114. The van der Waals surface area contributed by atoms with Crippen LogP contribution < -0.4 is 5.73 Å². The van der Waals surface area contributed by atoms with E-state index in [2.05, 4.69) is 23.8 Å². The van der Waals surface area contributed by atoms with Crippen LogP contribution in [0.15, 0.2) is 37.1 Å². The zero-order valence-electron chi connectivity index (χ0n) is 9.54. The normalized spacial score (nSPS) is 13.0. The van der Waals surface area contributed by atoms with Crippen LogP contribution in [0.1, 0.15) is 25.6 Å². The van der Waals surface area contributed by atoms with Gasteiger partial charge in [-0.2, -0.15) is 0 Å². The smallest absolute Gasteiger partial charge is 0.0995 e. The maximum Gasteiger partial charge on any atom is 0.0995 e. The maximum absolute atomic E-state index is 6.14. The third-order valence-corrected chi connectivity index (χ3v) is 2.65. The molecule has 0 aliphatic carbocycles. The molecule has 0 aliphatic heterocycles. The van der Waals surface area contributed by atoms with Crippen molar-refractivity contribution >= 4 is 0 Å². The number of hydrogen-bond acceptors (Lipinski definition) is 3. The number of nitrogens with zero attached hydrogens (tertiary/aromatic N) is 3. The molecule has 16 heavy (non-hydrogen) atoms. The van der Waals surface area contributed by atoms with Gasteiger partial charge in [0.05, 0.1) is 30.1 Å². The molecule has 0 bridgehead atoms. The molecule has 0 fully saturated rings. The van der Waals surface area contributed by atoms with Crippen molar-refractivity contribution in [2.24, 2.45) is 11.7 Å². The van der Waals surface area contributed by atoms with E-state index in [0.717, 1.165) is 11.4 Å². The third kappa shape index (κ3) is 1.97. The van der Waals surface area contributed by atoms with Crippen LogP contribution in [0.2, 0.25) is 0 Å².